The van der Waals surface area contributed by atoms with Gasteiger partial charge in [0.15, 0.2) is 5.43 Å². The average Bonchev–Trinajstić information content (AvgIpc) is 2.39. The Hall–Kier alpha value is -1.67. The van der Waals surface area contributed by atoms with Gasteiger partial charge in [0.05, 0.1) is 0 Å². The third-order valence-corrected chi connectivity index (χ3v) is 5.05. The molecule has 0 aliphatic carbocycles. The van der Waals surface area contributed by atoms with Crippen LogP contribution in [0.3, 0.4) is 0 Å². The van der Waals surface area contributed by atoms with Gasteiger partial charge in [0.1, 0.15) is 0 Å². The van der Waals surface area contributed by atoms with Crippen LogP contribution in [0.5, 0.6) is 0 Å². The topological polar surface area (TPSA) is 17.1 Å². The van der Waals surface area contributed by atoms with E-state index in [9.17, 15) is 4.79 Å². The van der Waals surface area contributed by atoms with Crippen molar-refractivity contribution in [1.82, 2.24) is 0 Å². The second-order valence-electron chi connectivity index (χ2n) is 6.35. The van der Waals surface area contributed by atoms with E-state index in [1.807, 2.05) is 24.3 Å². The van der Waals surface area contributed by atoms with E-state index >= 15 is 0 Å². The molecule has 0 bridgehead atoms. The Labute approximate surface area is 122 Å². The van der Waals surface area contributed by atoms with Gasteiger partial charge >= 0.3 is 0 Å². The fraction of sp³-hybridized carbons (Fsp3) is 0.278. The molecule has 3 rings (SSSR count). The van der Waals surface area contributed by atoms with Crippen molar-refractivity contribution >= 4 is 31.5 Å². The van der Waals surface area contributed by atoms with Crippen LogP contribution < -0.4 is 5.43 Å². The second-order valence-corrected chi connectivity index (χ2v) is 7.40. The maximum absolute atomic E-state index is 12.7. The standard InChI is InChI=1S/C18H18OS/c1-11-9-12(18(2,3)4)10-14-16(19)13-7-5-6-8-15(13)20-17(11)14/h5-10H,1-4H3. The van der Waals surface area contributed by atoms with Gasteiger partial charge in [-0.15, -0.1) is 11.3 Å². The Bertz CT molecular complexity index is 866. The smallest absolute Gasteiger partial charge is 0.195 e. The summed E-state index contributed by atoms with van der Waals surface area (Å²) < 4.78 is 2.18. The fourth-order valence-electron chi connectivity index (χ4n) is 2.51. The van der Waals surface area contributed by atoms with Crippen molar-refractivity contribution in [2.75, 3.05) is 0 Å². The van der Waals surface area contributed by atoms with Crippen molar-refractivity contribution < 1.29 is 0 Å². The normalized spacial score (nSPS) is 12.2. The van der Waals surface area contributed by atoms with Crippen molar-refractivity contribution in [3.8, 4) is 0 Å². The van der Waals surface area contributed by atoms with Gasteiger partial charge in [-0.25, -0.2) is 0 Å². The van der Waals surface area contributed by atoms with Crippen molar-refractivity contribution in [3.05, 3.63) is 57.7 Å². The molecule has 1 nitrogen and oxygen atoms in total. The highest BCUT2D eigenvalue weighted by Gasteiger charge is 2.17. The van der Waals surface area contributed by atoms with Crippen LogP contribution in [0.25, 0.3) is 20.2 Å². The molecule has 102 valence electrons. The van der Waals surface area contributed by atoms with E-state index in [0.29, 0.717) is 0 Å². The average molecular weight is 282 g/mol. The molecular weight excluding hydrogens is 264 g/mol. The summed E-state index contributed by atoms with van der Waals surface area (Å²) in [6.07, 6.45) is 0. The van der Waals surface area contributed by atoms with Gasteiger partial charge in [-0.2, -0.15) is 0 Å². The van der Waals surface area contributed by atoms with Crippen molar-refractivity contribution in [2.24, 2.45) is 0 Å². The minimum atomic E-state index is 0.0572. The molecule has 0 N–H and O–H groups in total. The molecule has 0 unspecified atom stereocenters. The van der Waals surface area contributed by atoms with Gasteiger partial charge in [0, 0.05) is 20.2 Å². The molecule has 0 radical (unpaired) electrons. The third kappa shape index (κ3) is 2.04. The Balaban J connectivity index is 2.50. The van der Waals surface area contributed by atoms with E-state index in [1.54, 1.807) is 11.3 Å². The zero-order valence-electron chi connectivity index (χ0n) is 12.3. The van der Waals surface area contributed by atoms with Gasteiger partial charge in [0.25, 0.3) is 0 Å². The van der Waals surface area contributed by atoms with E-state index in [2.05, 4.69) is 39.8 Å². The van der Waals surface area contributed by atoms with E-state index in [-0.39, 0.29) is 10.8 Å². The largest absolute Gasteiger partial charge is 0.289 e. The summed E-state index contributed by atoms with van der Waals surface area (Å²) in [5.74, 6) is 0. The minimum Gasteiger partial charge on any atom is -0.289 e. The first-order valence-electron chi connectivity index (χ1n) is 6.84. The first-order valence-corrected chi connectivity index (χ1v) is 7.66. The molecule has 0 amide bonds. The summed E-state index contributed by atoms with van der Waals surface area (Å²) in [5.41, 5.74) is 2.63. The van der Waals surface area contributed by atoms with Crippen molar-refractivity contribution in [2.45, 2.75) is 33.1 Å². The summed E-state index contributed by atoms with van der Waals surface area (Å²) in [7, 11) is 0. The van der Waals surface area contributed by atoms with Crippen molar-refractivity contribution in [1.29, 1.82) is 0 Å². The number of hydrogen-bond donors (Lipinski definition) is 0. The number of rotatable bonds is 0. The van der Waals surface area contributed by atoms with Crippen LogP contribution in [0.4, 0.5) is 0 Å². The van der Waals surface area contributed by atoms with Crippen LogP contribution in [-0.4, -0.2) is 0 Å². The Morgan fingerprint density at radius 2 is 1.70 bits per heavy atom. The molecule has 2 heteroatoms. The van der Waals surface area contributed by atoms with Crippen LogP contribution in [0.2, 0.25) is 0 Å². The first kappa shape index (κ1) is 13.3. The van der Waals surface area contributed by atoms with Crippen LogP contribution in [0, 0.1) is 6.92 Å². The SMILES string of the molecule is Cc1cc(C(C)(C)C)cc2c(=O)c3ccccc3sc12. The lowest BCUT2D eigenvalue weighted by atomic mass is 9.85. The summed E-state index contributed by atoms with van der Waals surface area (Å²) in [4.78, 5) is 12.7. The highest BCUT2D eigenvalue weighted by atomic mass is 32.1. The molecule has 0 saturated carbocycles. The molecule has 2 aromatic carbocycles. The zero-order chi connectivity index (χ0) is 14.5. The molecule has 0 atom stereocenters. The number of fused-ring (bicyclic) bond motifs is 2. The minimum absolute atomic E-state index is 0.0572. The Kier molecular flexibility index (Phi) is 2.94. The monoisotopic (exact) mass is 282 g/mol. The molecule has 1 heterocycles. The maximum atomic E-state index is 12.7. The Morgan fingerprint density at radius 1 is 1.00 bits per heavy atom. The lowest BCUT2D eigenvalue weighted by Crippen LogP contribution is -2.12. The summed E-state index contributed by atoms with van der Waals surface area (Å²) in [5, 5.41) is 1.69. The fourth-order valence-corrected chi connectivity index (χ4v) is 3.63. The van der Waals surface area contributed by atoms with Crippen LogP contribution in [0.1, 0.15) is 31.9 Å². The Morgan fingerprint density at radius 3 is 2.40 bits per heavy atom. The van der Waals surface area contributed by atoms with Gasteiger partial charge in [0.2, 0.25) is 0 Å². The summed E-state index contributed by atoms with van der Waals surface area (Å²) >= 11 is 1.71. The predicted molar refractivity (Wildman–Crippen MR) is 89.0 cm³/mol. The molecule has 0 saturated heterocycles. The molecule has 0 aliphatic rings. The summed E-state index contributed by atoms with van der Waals surface area (Å²) in [6.45, 7) is 8.65. The maximum Gasteiger partial charge on any atom is 0.195 e. The van der Waals surface area contributed by atoms with Gasteiger partial charge in [-0.05, 0) is 41.7 Å². The molecule has 3 aromatic rings. The van der Waals surface area contributed by atoms with Crippen LogP contribution in [-0.2, 0) is 5.41 Å². The van der Waals surface area contributed by atoms with Crippen molar-refractivity contribution in [3.63, 3.8) is 0 Å². The molecule has 0 fully saturated rings. The number of hydrogen-bond acceptors (Lipinski definition) is 2. The van der Waals surface area contributed by atoms with E-state index < -0.39 is 0 Å². The molecule has 1 aromatic heterocycles. The second kappa shape index (κ2) is 4.42. The summed E-state index contributed by atoms with van der Waals surface area (Å²) in [6, 6.07) is 12.2. The zero-order valence-corrected chi connectivity index (χ0v) is 13.1. The molecular formula is C18H18OS. The quantitative estimate of drug-likeness (QED) is 0.529. The van der Waals surface area contributed by atoms with Crippen LogP contribution >= 0.6 is 11.3 Å². The van der Waals surface area contributed by atoms with Gasteiger partial charge < -0.3 is 0 Å². The van der Waals surface area contributed by atoms with E-state index in [1.165, 1.54) is 11.1 Å². The van der Waals surface area contributed by atoms with E-state index in [0.717, 1.165) is 20.2 Å². The van der Waals surface area contributed by atoms with Crippen LogP contribution in [0.15, 0.2) is 41.2 Å². The lowest BCUT2D eigenvalue weighted by Gasteiger charge is -2.20. The molecule has 0 spiro atoms. The van der Waals surface area contributed by atoms with Gasteiger partial charge in [-0.3, -0.25) is 4.79 Å². The molecule has 0 aliphatic heterocycles. The van der Waals surface area contributed by atoms with Gasteiger partial charge in [-0.1, -0.05) is 39.0 Å². The number of benzene rings is 2. The first-order chi connectivity index (χ1) is 9.38. The number of aryl methyl sites for hydroxylation is 1. The van der Waals surface area contributed by atoms with E-state index in [4.69, 9.17) is 0 Å². The highest BCUT2D eigenvalue weighted by Crippen LogP contribution is 2.32. The molecule has 20 heavy (non-hydrogen) atoms. The lowest BCUT2D eigenvalue weighted by molar-refractivity contribution is 0.590. The third-order valence-electron chi connectivity index (χ3n) is 3.73. The predicted octanol–water partition coefficient (Wildman–Crippen LogP) is 5.02. The highest BCUT2D eigenvalue weighted by molar-refractivity contribution is 7.24.